The molecule has 4 aromatic carbocycles. The predicted molar refractivity (Wildman–Crippen MR) is 136 cm³/mol. The Hall–Kier alpha value is -4.12. The summed E-state index contributed by atoms with van der Waals surface area (Å²) in [5, 5.41) is 31.4. The van der Waals surface area contributed by atoms with Crippen LogP contribution in [0.2, 0.25) is 0 Å². The minimum atomic E-state index is 0.0767. The maximum absolute atomic E-state index is 10.6. The molecule has 4 aromatic rings. The van der Waals surface area contributed by atoms with Crippen LogP contribution >= 0.6 is 0 Å². The van der Waals surface area contributed by atoms with Crippen LogP contribution in [0.15, 0.2) is 66.7 Å². The Balaban J connectivity index is 1.81. The van der Waals surface area contributed by atoms with E-state index in [4.69, 9.17) is 4.74 Å². The maximum Gasteiger partial charge on any atom is 0.169 e. The molecule has 0 fully saturated rings. The van der Waals surface area contributed by atoms with Crippen LogP contribution in [0.25, 0.3) is 0 Å². The predicted octanol–water partition coefficient (Wildman–Crippen LogP) is 7.61. The molecule has 0 aliphatic rings. The van der Waals surface area contributed by atoms with Crippen molar-refractivity contribution >= 4 is 17.1 Å². The summed E-state index contributed by atoms with van der Waals surface area (Å²) in [5.41, 5.74) is 6.50. The first kappa shape index (κ1) is 23.1. The molecule has 0 saturated carbocycles. The van der Waals surface area contributed by atoms with Gasteiger partial charge in [-0.05, 0) is 99.8 Å². The van der Waals surface area contributed by atoms with Crippen molar-refractivity contribution < 1.29 is 20.1 Å². The van der Waals surface area contributed by atoms with Crippen molar-refractivity contribution in [2.45, 2.75) is 34.6 Å². The van der Waals surface area contributed by atoms with Crippen LogP contribution in [-0.2, 0) is 0 Å². The van der Waals surface area contributed by atoms with Crippen molar-refractivity contribution in [2.24, 2.45) is 0 Å². The molecule has 0 aliphatic carbocycles. The molecule has 0 radical (unpaired) electrons. The van der Waals surface area contributed by atoms with Gasteiger partial charge in [0, 0.05) is 16.8 Å². The van der Waals surface area contributed by atoms with Gasteiger partial charge in [0.15, 0.2) is 11.5 Å². The fourth-order valence-electron chi connectivity index (χ4n) is 4.04. The van der Waals surface area contributed by atoms with Crippen LogP contribution in [0, 0.1) is 34.6 Å². The fraction of sp³-hybridized carbons (Fsp3) is 0.172. The number of hydrogen-bond donors (Lipinski definition) is 3. The Labute approximate surface area is 200 Å². The van der Waals surface area contributed by atoms with E-state index in [1.54, 1.807) is 12.1 Å². The van der Waals surface area contributed by atoms with Gasteiger partial charge in [-0.1, -0.05) is 18.2 Å². The molecule has 0 unspecified atom stereocenters. The highest BCUT2D eigenvalue weighted by atomic mass is 16.5. The van der Waals surface area contributed by atoms with Crippen LogP contribution in [-0.4, -0.2) is 15.3 Å². The number of phenols is 3. The molecule has 0 aromatic heterocycles. The van der Waals surface area contributed by atoms with E-state index in [1.165, 1.54) is 0 Å². The Kier molecular flexibility index (Phi) is 6.12. The zero-order chi connectivity index (χ0) is 24.6. The first-order valence-electron chi connectivity index (χ1n) is 11.1. The topological polar surface area (TPSA) is 73.2 Å². The molecule has 34 heavy (non-hydrogen) atoms. The van der Waals surface area contributed by atoms with E-state index in [-0.39, 0.29) is 17.2 Å². The molecular formula is C29H29NO4. The zero-order valence-electron chi connectivity index (χ0n) is 20.0. The van der Waals surface area contributed by atoms with E-state index in [9.17, 15) is 15.3 Å². The number of aromatic hydroxyl groups is 3. The van der Waals surface area contributed by atoms with Gasteiger partial charge in [-0.3, -0.25) is 0 Å². The van der Waals surface area contributed by atoms with Crippen molar-refractivity contribution in [3.05, 3.63) is 94.5 Å². The number of phenolic OH excluding ortho intramolecular Hbond substituents is 3. The largest absolute Gasteiger partial charge is 0.507 e. The average molecular weight is 456 g/mol. The lowest BCUT2D eigenvalue weighted by atomic mass is 10.0. The van der Waals surface area contributed by atoms with Gasteiger partial charge in [0.05, 0.1) is 11.4 Å². The summed E-state index contributed by atoms with van der Waals surface area (Å²) >= 11 is 0. The molecule has 174 valence electrons. The van der Waals surface area contributed by atoms with E-state index in [0.29, 0.717) is 11.5 Å². The van der Waals surface area contributed by atoms with E-state index in [1.807, 2.05) is 94.1 Å². The summed E-state index contributed by atoms with van der Waals surface area (Å²) < 4.78 is 5.90. The van der Waals surface area contributed by atoms with Gasteiger partial charge in [0.2, 0.25) is 0 Å². The first-order valence-corrected chi connectivity index (χ1v) is 11.1. The number of nitrogens with zero attached hydrogens (tertiary/aromatic N) is 1. The van der Waals surface area contributed by atoms with E-state index in [0.717, 1.165) is 44.9 Å². The molecule has 3 N–H and O–H groups in total. The van der Waals surface area contributed by atoms with Gasteiger partial charge in [0.1, 0.15) is 17.2 Å². The van der Waals surface area contributed by atoms with Crippen LogP contribution < -0.4 is 9.64 Å². The number of aryl methyl sites for hydroxylation is 3. The number of hydrogen-bond acceptors (Lipinski definition) is 5. The quantitative estimate of drug-likeness (QED) is 0.289. The lowest BCUT2D eigenvalue weighted by Crippen LogP contribution is -2.13. The van der Waals surface area contributed by atoms with Crippen LogP contribution in [0.1, 0.15) is 27.8 Å². The zero-order valence-corrected chi connectivity index (χ0v) is 20.0. The van der Waals surface area contributed by atoms with Crippen molar-refractivity contribution in [3.8, 4) is 28.7 Å². The second kappa shape index (κ2) is 9.02. The molecule has 0 heterocycles. The maximum atomic E-state index is 10.6. The SMILES string of the molecule is Cc1ccc(O)c(Oc2ccc(N(c3ccc(C)c(O)c3C)c3ccc(C)c(O)c3C)cc2)c1. The Morgan fingerprint density at radius 2 is 1.15 bits per heavy atom. The third kappa shape index (κ3) is 4.25. The van der Waals surface area contributed by atoms with E-state index < -0.39 is 0 Å². The van der Waals surface area contributed by atoms with Crippen LogP contribution in [0.3, 0.4) is 0 Å². The van der Waals surface area contributed by atoms with E-state index in [2.05, 4.69) is 0 Å². The summed E-state index contributed by atoms with van der Waals surface area (Å²) in [6.45, 7) is 9.43. The monoisotopic (exact) mass is 455 g/mol. The lowest BCUT2D eigenvalue weighted by molar-refractivity contribution is 0.411. The highest BCUT2D eigenvalue weighted by molar-refractivity contribution is 5.82. The van der Waals surface area contributed by atoms with Crippen LogP contribution in [0.5, 0.6) is 28.7 Å². The minimum absolute atomic E-state index is 0.0767. The fourth-order valence-corrected chi connectivity index (χ4v) is 4.04. The van der Waals surface area contributed by atoms with Gasteiger partial charge >= 0.3 is 0 Å². The number of benzene rings is 4. The molecule has 5 nitrogen and oxygen atoms in total. The highest BCUT2D eigenvalue weighted by Crippen LogP contribution is 2.44. The minimum Gasteiger partial charge on any atom is -0.507 e. The van der Waals surface area contributed by atoms with Gasteiger partial charge in [0.25, 0.3) is 0 Å². The van der Waals surface area contributed by atoms with Gasteiger partial charge in [-0.2, -0.15) is 0 Å². The Bertz CT molecular complexity index is 1300. The van der Waals surface area contributed by atoms with Crippen molar-refractivity contribution in [1.29, 1.82) is 0 Å². The molecular weight excluding hydrogens is 426 g/mol. The smallest absolute Gasteiger partial charge is 0.169 e. The summed E-state index contributed by atoms with van der Waals surface area (Å²) in [5.74, 6) is 1.53. The molecule has 0 atom stereocenters. The van der Waals surface area contributed by atoms with Gasteiger partial charge < -0.3 is 25.0 Å². The normalized spacial score (nSPS) is 10.9. The number of rotatable bonds is 5. The third-order valence-corrected chi connectivity index (χ3v) is 6.13. The molecule has 5 heteroatoms. The average Bonchev–Trinajstić information content (AvgIpc) is 2.82. The summed E-state index contributed by atoms with van der Waals surface area (Å²) in [4.78, 5) is 2.01. The molecule has 0 amide bonds. The molecule has 0 spiro atoms. The number of anilines is 3. The first-order chi connectivity index (χ1) is 16.2. The molecule has 0 aliphatic heterocycles. The number of ether oxygens (including phenoxy) is 1. The molecule has 0 saturated heterocycles. The standard InChI is InChI=1S/C29H29NO4/c1-17-6-15-26(31)27(16-17)34-23-11-9-22(10-12-23)30(24-13-7-18(2)28(32)20(24)4)25-14-8-19(3)29(33)21(25)5/h6-16,31-33H,1-5H3. The van der Waals surface area contributed by atoms with Crippen molar-refractivity contribution in [3.63, 3.8) is 0 Å². The highest BCUT2D eigenvalue weighted by Gasteiger charge is 2.21. The lowest BCUT2D eigenvalue weighted by Gasteiger charge is -2.29. The summed E-state index contributed by atoms with van der Waals surface area (Å²) in [6.07, 6.45) is 0. The van der Waals surface area contributed by atoms with Crippen LogP contribution in [0.4, 0.5) is 17.1 Å². The van der Waals surface area contributed by atoms with Crippen molar-refractivity contribution in [1.82, 2.24) is 0 Å². The van der Waals surface area contributed by atoms with E-state index >= 15 is 0 Å². The summed E-state index contributed by atoms with van der Waals surface area (Å²) in [7, 11) is 0. The van der Waals surface area contributed by atoms with Crippen molar-refractivity contribution in [2.75, 3.05) is 4.90 Å². The Morgan fingerprint density at radius 3 is 1.68 bits per heavy atom. The third-order valence-electron chi connectivity index (χ3n) is 6.13. The van der Waals surface area contributed by atoms with Gasteiger partial charge in [-0.15, -0.1) is 0 Å². The Morgan fingerprint density at radius 1 is 0.618 bits per heavy atom. The second-order valence-electron chi connectivity index (χ2n) is 8.65. The summed E-state index contributed by atoms with van der Waals surface area (Å²) in [6, 6.07) is 20.4. The van der Waals surface area contributed by atoms with Gasteiger partial charge in [-0.25, -0.2) is 0 Å². The second-order valence-corrected chi connectivity index (χ2v) is 8.65. The molecule has 4 rings (SSSR count). The molecule has 0 bridgehead atoms.